The number of ether oxygens (including phenoxy) is 1. The fraction of sp³-hybridized carbons (Fsp3) is 0.320. The summed E-state index contributed by atoms with van der Waals surface area (Å²) in [7, 11) is 2.02. The van der Waals surface area contributed by atoms with E-state index in [-0.39, 0.29) is 5.56 Å². The Balaban J connectivity index is 1.55. The lowest BCUT2D eigenvalue weighted by atomic mass is 10.1. The summed E-state index contributed by atoms with van der Waals surface area (Å²) in [6.45, 7) is 5.84. The van der Waals surface area contributed by atoms with Gasteiger partial charge in [0.05, 0.1) is 17.8 Å². The van der Waals surface area contributed by atoms with Gasteiger partial charge in [0, 0.05) is 25.5 Å². The molecule has 0 amide bonds. The van der Waals surface area contributed by atoms with Crippen LogP contribution in [0, 0.1) is 13.8 Å². The number of carbonyl (C=O) groups is 1. The van der Waals surface area contributed by atoms with Crippen molar-refractivity contribution in [2.24, 2.45) is 0 Å². The van der Waals surface area contributed by atoms with Crippen molar-refractivity contribution in [2.45, 2.75) is 26.7 Å². The maximum absolute atomic E-state index is 11.6. The molecule has 0 atom stereocenters. The second-order valence-electron chi connectivity index (χ2n) is 7.69. The second-order valence-corrected chi connectivity index (χ2v) is 7.69. The Labute approximate surface area is 189 Å². The Bertz CT molecular complexity index is 1040. The maximum Gasteiger partial charge on any atom is 0.339 e. The van der Waals surface area contributed by atoms with Crippen LogP contribution in [0.1, 0.15) is 33.6 Å². The number of anilines is 2. The van der Waals surface area contributed by atoms with Crippen LogP contribution in [-0.4, -0.2) is 47.8 Å². The van der Waals surface area contributed by atoms with Crippen molar-refractivity contribution < 1.29 is 14.6 Å². The quantitative estimate of drug-likeness (QED) is 0.434. The van der Waals surface area contributed by atoms with Crippen molar-refractivity contribution in [3.63, 3.8) is 0 Å². The van der Waals surface area contributed by atoms with Crippen LogP contribution in [0.25, 0.3) is 0 Å². The van der Waals surface area contributed by atoms with Crippen molar-refractivity contribution in [1.82, 2.24) is 9.97 Å². The van der Waals surface area contributed by atoms with E-state index in [9.17, 15) is 9.90 Å². The van der Waals surface area contributed by atoms with E-state index in [1.165, 1.54) is 11.8 Å². The van der Waals surface area contributed by atoms with Crippen molar-refractivity contribution in [1.29, 1.82) is 0 Å². The van der Waals surface area contributed by atoms with E-state index in [1.807, 2.05) is 44.3 Å². The van der Waals surface area contributed by atoms with Crippen LogP contribution in [0.2, 0.25) is 0 Å². The normalized spacial score (nSPS) is 10.6. The molecule has 2 N–H and O–H groups in total. The van der Waals surface area contributed by atoms with Gasteiger partial charge < -0.3 is 20.1 Å². The van der Waals surface area contributed by atoms with Crippen molar-refractivity contribution in [3.8, 4) is 5.75 Å². The van der Waals surface area contributed by atoms with Gasteiger partial charge in [0.1, 0.15) is 12.4 Å². The number of para-hydroxylation sites is 1. The van der Waals surface area contributed by atoms with E-state index in [1.54, 1.807) is 0 Å². The topological polar surface area (TPSA) is 87.6 Å². The minimum atomic E-state index is -1.01. The zero-order valence-electron chi connectivity index (χ0n) is 18.8. The summed E-state index contributed by atoms with van der Waals surface area (Å²) >= 11 is 0. The molecule has 0 unspecified atom stereocenters. The number of aryl methyl sites for hydroxylation is 2. The first-order valence-electron chi connectivity index (χ1n) is 10.7. The molecule has 7 heteroatoms. The molecule has 0 radical (unpaired) electrons. The van der Waals surface area contributed by atoms with Crippen molar-refractivity contribution in [2.75, 3.05) is 37.0 Å². The Morgan fingerprint density at radius 1 is 1.12 bits per heavy atom. The summed E-state index contributed by atoms with van der Waals surface area (Å²) < 4.78 is 5.85. The molecule has 2 aromatic carbocycles. The van der Waals surface area contributed by atoms with E-state index >= 15 is 0 Å². The number of rotatable bonds is 11. The van der Waals surface area contributed by atoms with Crippen LogP contribution >= 0.6 is 0 Å². The van der Waals surface area contributed by atoms with E-state index in [4.69, 9.17) is 4.74 Å². The molecule has 0 aliphatic rings. The van der Waals surface area contributed by atoms with Gasteiger partial charge in [-0.25, -0.2) is 14.8 Å². The molecule has 3 rings (SSSR count). The summed E-state index contributed by atoms with van der Waals surface area (Å²) in [6, 6.07) is 16.1. The van der Waals surface area contributed by atoms with Gasteiger partial charge in [0.2, 0.25) is 5.95 Å². The van der Waals surface area contributed by atoms with E-state index in [2.05, 4.69) is 45.3 Å². The third kappa shape index (κ3) is 6.20. The molecular formula is C25H30N4O3. The van der Waals surface area contributed by atoms with Gasteiger partial charge in [-0.05, 0) is 56.0 Å². The Morgan fingerprint density at radius 3 is 2.66 bits per heavy atom. The molecule has 1 aromatic heterocycles. The molecule has 0 spiro atoms. The maximum atomic E-state index is 11.6. The first kappa shape index (κ1) is 23.1. The number of hydrogen-bond acceptors (Lipinski definition) is 6. The molecule has 1 heterocycles. The minimum Gasteiger partial charge on any atom is -0.491 e. The average Bonchev–Trinajstić information content (AvgIpc) is 2.80. The third-order valence-corrected chi connectivity index (χ3v) is 5.40. The molecule has 168 valence electrons. The van der Waals surface area contributed by atoms with Gasteiger partial charge in [-0.15, -0.1) is 0 Å². The molecule has 0 saturated heterocycles. The molecule has 7 nitrogen and oxygen atoms in total. The monoisotopic (exact) mass is 434 g/mol. The lowest BCUT2D eigenvalue weighted by Gasteiger charge is -2.19. The first-order valence-corrected chi connectivity index (χ1v) is 10.7. The zero-order chi connectivity index (χ0) is 22.9. The summed E-state index contributed by atoms with van der Waals surface area (Å²) in [5.41, 5.74) is 4.11. The molecule has 32 heavy (non-hydrogen) atoms. The lowest BCUT2D eigenvalue weighted by molar-refractivity contribution is 0.0694. The molecule has 0 aliphatic heterocycles. The highest BCUT2D eigenvalue weighted by atomic mass is 16.5. The average molecular weight is 435 g/mol. The number of aromatic carboxylic acids is 1. The van der Waals surface area contributed by atoms with E-state index in [0.29, 0.717) is 31.2 Å². The van der Waals surface area contributed by atoms with Gasteiger partial charge in [0.15, 0.2) is 0 Å². The molecular weight excluding hydrogens is 404 g/mol. The number of aromatic nitrogens is 2. The molecule has 0 saturated carbocycles. The summed E-state index contributed by atoms with van der Waals surface area (Å²) in [5.74, 6) is 0.254. The van der Waals surface area contributed by atoms with Crippen LogP contribution in [0.5, 0.6) is 5.75 Å². The Kier molecular flexibility index (Phi) is 8.02. The Hall–Kier alpha value is -3.61. The largest absolute Gasteiger partial charge is 0.491 e. The third-order valence-electron chi connectivity index (χ3n) is 5.40. The van der Waals surface area contributed by atoms with Gasteiger partial charge in [0.25, 0.3) is 0 Å². The van der Waals surface area contributed by atoms with Crippen molar-refractivity contribution in [3.05, 3.63) is 77.1 Å². The first-order chi connectivity index (χ1) is 15.5. The molecule has 0 aliphatic carbocycles. The van der Waals surface area contributed by atoms with Crippen LogP contribution in [0.3, 0.4) is 0 Å². The van der Waals surface area contributed by atoms with E-state index in [0.717, 1.165) is 30.0 Å². The number of hydrogen-bond donors (Lipinski definition) is 2. The SMILES string of the molecule is Cc1cccc(OCCNc2ncc(C(=O)O)c(CCCN(C)c3ccccc3)n2)c1C. The summed E-state index contributed by atoms with van der Waals surface area (Å²) in [6.07, 6.45) is 2.70. The van der Waals surface area contributed by atoms with E-state index < -0.39 is 5.97 Å². The zero-order valence-corrected chi connectivity index (χ0v) is 18.8. The number of carboxylic acid groups (broad SMARTS) is 1. The molecule has 0 fully saturated rings. The van der Waals surface area contributed by atoms with Gasteiger partial charge >= 0.3 is 5.97 Å². The van der Waals surface area contributed by atoms with Crippen molar-refractivity contribution >= 4 is 17.6 Å². The fourth-order valence-electron chi connectivity index (χ4n) is 3.37. The number of nitrogens with one attached hydrogen (secondary N) is 1. The highest BCUT2D eigenvalue weighted by molar-refractivity contribution is 5.88. The molecule has 0 bridgehead atoms. The number of nitrogens with zero attached hydrogens (tertiary/aromatic N) is 3. The lowest BCUT2D eigenvalue weighted by Crippen LogP contribution is -2.20. The summed E-state index contributed by atoms with van der Waals surface area (Å²) in [5, 5.41) is 12.6. The van der Waals surface area contributed by atoms with Gasteiger partial charge in [-0.1, -0.05) is 30.3 Å². The highest BCUT2D eigenvalue weighted by Crippen LogP contribution is 2.20. The summed E-state index contributed by atoms with van der Waals surface area (Å²) in [4.78, 5) is 22.4. The number of benzene rings is 2. The standard InChI is InChI=1S/C25H30N4O3/c1-18-9-7-13-23(19(18)2)32-16-14-26-25-27-17-21(24(30)31)22(28-25)12-8-15-29(3)20-10-5-4-6-11-20/h4-7,9-11,13,17H,8,12,14-16H2,1-3H3,(H,30,31)(H,26,27,28). The highest BCUT2D eigenvalue weighted by Gasteiger charge is 2.14. The fourth-order valence-corrected chi connectivity index (χ4v) is 3.37. The predicted octanol–water partition coefficient (Wildman–Crippen LogP) is 4.35. The van der Waals surface area contributed by atoms with Gasteiger partial charge in [-0.3, -0.25) is 0 Å². The van der Waals surface area contributed by atoms with Gasteiger partial charge in [-0.2, -0.15) is 0 Å². The van der Waals surface area contributed by atoms with Crippen LogP contribution < -0.4 is 15.0 Å². The number of carboxylic acids is 1. The van der Waals surface area contributed by atoms with Crippen LogP contribution in [-0.2, 0) is 6.42 Å². The van der Waals surface area contributed by atoms with Crippen LogP contribution in [0.15, 0.2) is 54.7 Å². The second kappa shape index (κ2) is 11.1. The smallest absolute Gasteiger partial charge is 0.339 e. The molecule has 3 aromatic rings. The van der Waals surface area contributed by atoms with Crippen LogP contribution in [0.4, 0.5) is 11.6 Å². The minimum absolute atomic E-state index is 0.143. The predicted molar refractivity (Wildman–Crippen MR) is 127 cm³/mol. The Morgan fingerprint density at radius 2 is 1.91 bits per heavy atom.